The molecule has 3 nitrogen and oxygen atoms in total. The van der Waals surface area contributed by atoms with Crippen molar-refractivity contribution in [1.29, 1.82) is 0 Å². The van der Waals surface area contributed by atoms with Crippen LogP contribution in [0.15, 0.2) is 18.2 Å². The molecule has 0 saturated heterocycles. The van der Waals surface area contributed by atoms with Gasteiger partial charge in [0, 0.05) is 5.56 Å². The largest absolute Gasteiger partial charge is 0.496 e. The number of carboxylic acid groups (broad SMARTS) is 1. The molecule has 0 aromatic heterocycles. The summed E-state index contributed by atoms with van der Waals surface area (Å²) in [6.07, 6.45) is 1.79. The van der Waals surface area contributed by atoms with Crippen LogP contribution in [0.3, 0.4) is 0 Å². The first-order valence-electron chi connectivity index (χ1n) is 4.89. The normalized spacial score (nSPS) is 14.2. The number of carbonyl (C=O) groups is 1. The van der Waals surface area contributed by atoms with Crippen molar-refractivity contribution in [3.05, 3.63) is 29.3 Å². The van der Waals surface area contributed by atoms with Crippen molar-refractivity contribution in [2.24, 2.45) is 0 Å². The molecule has 1 unspecified atom stereocenters. The highest BCUT2D eigenvalue weighted by Crippen LogP contribution is 2.40. The number of hydrogen-bond acceptors (Lipinski definition) is 3. The summed E-state index contributed by atoms with van der Waals surface area (Å²) in [6, 6.07) is 5.58. The molecule has 0 bridgehead atoms. The zero-order chi connectivity index (χ0) is 12.3. The second-order valence-corrected chi connectivity index (χ2v) is 4.97. The number of aliphatic carboxylic acids is 1. The van der Waals surface area contributed by atoms with E-state index in [1.807, 2.05) is 25.1 Å². The Balaban J connectivity index is 3.39. The van der Waals surface area contributed by atoms with Gasteiger partial charge in [-0.2, -0.15) is 0 Å². The van der Waals surface area contributed by atoms with Crippen LogP contribution in [0.25, 0.3) is 0 Å². The zero-order valence-corrected chi connectivity index (χ0v) is 10.7. The minimum atomic E-state index is -0.975. The topological polar surface area (TPSA) is 46.5 Å². The van der Waals surface area contributed by atoms with Gasteiger partial charge in [0.25, 0.3) is 0 Å². The quantitative estimate of drug-likeness (QED) is 0.879. The number of hydrogen-bond donors (Lipinski definition) is 1. The summed E-state index contributed by atoms with van der Waals surface area (Å²) in [5.74, 6) is -0.242. The Hall–Kier alpha value is -1.16. The van der Waals surface area contributed by atoms with Crippen molar-refractivity contribution >= 4 is 17.7 Å². The van der Waals surface area contributed by atoms with Crippen LogP contribution in [0.5, 0.6) is 5.75 Å². The Kier molecular flexibility index (Phi) is 3.86. The molecule has 1 atom stereocenters. The molecule has 16 heavy (non-hydrogen) atoms. The number of ether oxygens (including phenoxy) is 1. The van der Waals surface area contributed by atoms with Crippen LogP contribution in [0, 0.1) is 6.92 Å². The maximum atomic E-state index is 11.4. The highest BCUT2D eigenvalue weighted by molar-refractivity contribution is 8.00. The van der Waals surface area contributed by atoms with Crippen molar-refractivity contribution in [1.82, 2.24) is 0 Å². The summed E-state index contributed by atoms with van der Waals surface area (Å²) in [4.78, 5) is 11.4. The molecule has 88 valence electrons. The van der Waals surface area contributed by atoms with Crippen LogP contribution in [0.2, 0.25) is 0 Å². The molecule has 1 aromatic carbocycles. The van der Waals surface area contributed by atoms with Gasteiger partial charge in [-0.1, -0.05) is 17.7 Å². The van der Waals surface area contributed by atoms with Crippen LogP contribution >= 0.6 is 11.8 Å². The fourth-order valence-electron chi connectivity index (χ4n) is 1.51. The molecule has 1 rings (SSSR count). The van der Waals surface area contributed by atoms with E-state index in [1.54, 1.807) is 20.3 Å². The summed E-state index contributed by atoms with van der Waals surface area (Å²) < 4.78 is 4.25. The first kappa shape index (κ1) is 12.9. The van der Waals surface area contributed by atoms with E-state index in [1.165, 1.54) is 11.8 Å². The maximum absolute atomic E-state index is 11.4. The maximum Gasteiger partial charge on any atom is 0.324 e. The van der Waals surface area contributed by atoms with Gasteiger partial charge in [0.1, 0.15) is 10.5 Å². The lowest BCUT2D eigenvalue weighted by Crippen LogP contribution is -2.29. The Morgan fingerprint density at radius 1 is 1.50 bits per heavy atom. The Morgan fingerprint density at radius 3 is 2.56 bits per heavy atom. The molecule has 0 aliphatic carbocycles. The van der Waals surface area contributed by atoms with Crippen LogP contribution in [0.4, 0.5) is 0 Å². The fraction of sp³-hybridized carbons (Fsp3) is 0.417. The Labute approximate surface area is 99.8 Å². The summed E-state index contributed by atoms with van der Waals surface area (Å²) in [5.41, 5.74) is 1.73. The van der Waals surface area contributed by atoms with E-state index in [4.69, 9.17) is 4.74 Å². The van der Waals surface area contributed by atoms with Crippen molar-refractivity contribution in [2.75, 3.05) is 13.4 Å². The van der Waals surface area contributed by atoms with Crippen molar-refractivity contribution in [3.63, 3.8) is 0 Å². The molecule has 0 spiro atoms. The van der Waals surface area contributed by atoms with Gasteiger partial charge in [-0.05, 0) is 26.2 Å². The predicted molar refractivity (Wildman–Crippen MR) is 66.2 cm³/mol. The number of rotatable bonds is 4. The molecular weight excluding hydrogens is 224 g/mol. The average molecular weight is 240 g/mol. The van der Waals surface area contributed by atoms with E-state index in [0.29, 0.717) is 11.3 Å². The minimum Gasteiger partial charge on any atom is -0.496 e. The van der Waals surface area contributed by atoms with Gasteiger partial charge in [0.15, 0.2) is 0 Å². The highest BCUT2D eigenvalue weighted by atomic mass is 32.2. The minimum absolute atomic E-state index is 0.616. The van der Waals surface area contributed by atoms with Gasteiger partial charge in [-0.25, -0.2) is 0 Å². The second kappa shape index (κ2) is 4.78. The molecule has 4 heteroatoms. The third kappa shape index (κ3) is 2.16. The fourth-order valence-corrected chi connectivity index (χ4v) is 2.06. The molecular formula is C12H16O3S. The van der Waals surface area contributed by atoms with Crippen LogP contribution in [-0.4, -0.2) is 24.4 Å². The van der Waals surface area contributed by atoms with E-state index >= 15 is 0 Å². The van der Waals surface area contributed by atoms with E-state index < -0.39 is 10.7 Å². The standard InChI is InChI=1S/C12H16O3S/c1-8-5-6-10(15-3)9(7-8)12(2,16-4)11(13)14/h5-7H,1-4H3,(H,13,14). The molecule has 0 radical (unpaired) electrons. The SMILES string of the molecule is COc1ccc(C)cc1C(C)(SC)C(=O)O. The van der Waals surface area contributed by atoms with E-state index in [-0.39, 0.29) is 0 Å². The first-order chi connectivity index (χ1) is 7.45. The molecule has 1 N–H and O–H groups in total. The zero-order valence-electron chi connectivity index (χ0n) is 9.90. The number of carboxylic acids is 1. The molecule has 0 amide bonds. The highest BCUT2D eigenvalue weighted by Gasteiger charge is 2.37. The monoisotopic (exact) mass is 240 g/mol. The second-order valence-electron chi connectivity index (χ2n) is 3.75. The summed E-state index contributed by atoms with van der Waals surface area (Å²) in [6.45, 7) is 3.63. The van der Waals surface area contributed by atoms with E-state index in [0.717, 1.165) is 5.56 Å². The Morgan fingerprint density at radius 2 is 2.12 bits per heavy atom. The van der Waals surface area contributed by atoms with Crippen molar-refractivity contribution < 1.29 is 14.6 Å². The van der Waals surface area contributed by atoms with Gasteiger partial charge in [0.05, 0.1) is 7.11 Å². The Bertz CT molecular complexity index is 403. The third-order valence-corrected chi connectivity index (χ3v) is 3.90. The molecule has 0 aliphatic heterocycles. The van der Waals surface area contributed by atoms with Crippen LogP contribution < -0.4 is 4.74 Å². The van der Waals surface area contributed by atoms with E-state index in [2.05, 4.69) is 0 Å². The lowest BCUT2D eigenvalue weighted by Gasteiger charge is -2.25. The van der Waals surface area contributed by atoms with Gasteiger partial charge >= 0.3 is 5.97 Å². The number of aryl methyl sites for hydroxylation is 1. The molecule has 0 saturated carbocycles. The number of benzene rings is 1. The molecule has 0 aliphatic rings. The number of thioether (sulfide) groups is 1. The van der Waals surface area contributed by atoms with Gasteiger partial charge in [0.2, 0.25) is 0 Å². The van der Waals surface area contributed by atoms with Crippen LogP contribution in [-0.2, 0) is 9.54 Å². The van der Waals surface area contributed by atoms with E-state index in [9.17, 15) is 9.90 Å². The van der Waals surface area contributed by atoms with Gasteiger partial charge < -0.3 is 9.84 Å². The van der Waals surface area contributed by atoms with Crippen molar-refractivity contribution in [2.45, 2.75) is 18.6 Å². The predicted octanol–water partition coefficient (Wildman–Crippen LogP) is 2.67. The molecule has 0 heterocycles. The van der Waals surface area contributed by atoms with Crippen LogP contribution in [0.1, 0.15) is 18.1 Å². The molecule has 0 fully saturated rings. The lowest BCUT2D eigenvalue weighted by atomic mass is 9.97. The smallest absolute Gasteiger partial charge is 0.324 e. The summed E-state index contributed by atoms with van der Waals surface area (Å²) >= 11 is 1.29. The first-order valence-corrected chi connectivity index (χ1v) is 6.12. The molecule has 1 aromatic rings. The average Bonchev–Trinajstić information content (AvgIpc) is 2.27. The number of methoxy groups -OCH3 is 1. The summed E-state index contributed by atoms with van der Waals surface area (Å²) in [7, 11) is 1.55. The summed E-state index contributed by atoms with van der Waals surface area (Å²) in [5, 5.41) is 9.32. The van der Waals surface area contributed by atoms with Crippen molar-refractivity contribution in [3.8, 4) is 5.75 Å². The van der Waals surface area contributed by atoms with Gasteiger partial charge in [-0.15, -0.1) is 11.8 Å². The van der Waals surface area contributed by atoms with Gasteiger partial charge in [-0.3, -0.25) is 4.79 Å². The third-order valence-electron chi connectivity index (χ3n) is 2.69. The lowest BCUT2D eigenvalue weighted by molar-refractivity contribution is -0.139.